The summed E-state index contributed by atoms with van der Waals surface area (Å²) in [6, 6.07) is 3.14. The van der Waals surface area contributed by atoms with Gasteiger partial charge in [0.1, 0.15) is 11.6 Å². The minimum Gasteiger partial charge on any atom is -1.00 e. The summed E-state index contributed by atoms with van der Waals surface area (Å²) in [5, 5.41) is 0. The molecule has 2 aromatic rings. The first kappa shape index (κ1) is 56.2. The zero-order valence-corrected chi connectivity index (χ0v) is 17.1. The van der Waals surface area contributed by atoms with E-state index < -0.39 is 0 Å². The summed E-state index contributed by atoms with van der Waals surface area (Å²) in [7, 11) is 3.24. The van der Waals surface area contributed by atoms with Gasteiger partial charge in [-0.2, -0.15) is 9.97 Å². The summed E-state index contributed by atoms with van der Waals surface area (Å²) < 4.78 is 2.72. The van der Waals surface area contributed by atoms with Crippen LogP contribution in [0.4, 0.5) is 11.6 Å². The van der Waals surface area contributed by atoms with Crippen molar-refractivity contribution in [1.29, 1.82) is 0 Å². The van der Waals surface area contributed by atoms with Crippen molar-refractivity contribution in [3.05, 3.63) is 45.5 Å². The maximum Gasteiger partial charge on any atom is 2.00 e. The van der Waals surface area contributed by atoms with Crippen molar-refractivity contribution in [2.75, 3.05) is 11.5 Å². The summed E-state index contributed by atoms with van der Waals surface area (Å²) in [5.41, 5.74) is 9.76. The van der Waals surface area contributed by atoms with Crippen LogP contribution in [0, 0.1) is 0 Å². The molecular formula is C10H32Cl2N6NiO8+6. The minimum atomic E-state index is -0.324. The van der Waals surface area contributed by atoms with Gasteiger partial charge in [-0.05, 0) is 12.1 Å². The fraction of sp³-hybridized carbons (Fsp3) is 0.200. The molecule has 0 saturated carbocycles. The number of hydrogen-bond acceptors (Lipinski definition) is 6. The van der Waals surface area contributed by atoms with Crippen molar-refractivity contribution in [3.8, 4) is 0 Å². The summed E-state index contributed by atoms with van der Waals surface area (Å²) in [4.78, 5) is 28.1. The van der Waals surface area contributed by atoms with Gasteiger partial charge < -0.3 is 78.3 Å². The van der Waals surface area contributed by atoms with Crippen LogP contribution in [-0.4, -0.2) is 19.1 Å². The summed E-state index contributed by atoms with van der Waals surface area (Å²) >= 11 is 0. The number of nitrogens with two attached hydrogens (primary N) is 2. The molecule has 0 fully saturated rings. The van der Waals surface area contributed by atoms with Crippen molar-refractivity contribution >= 4 is 11.6 Å². The Morgan fingerprint density at radius 3 is 1.07 bits per heavy atom. The molecule has 2 rings (SSSR count). The Labute approximate surface area is 176 Å². The average molecular weight is 494 g/mol. The van der Waals surface area contributed by atoms with E-state index in [-0.39, 0.29) is 97.2 Å². The first-order chi connectivity index (χ1) is 8.40. The van der Waals surface area contributed by atoms with E-state index in [9.17, 15) is 9.59 Å². The standard InChI is InChI=1S/2C5H7N3O.2ClH.Ni.6H2O/c2*1-8-3-2-4(6)7-5(8)9;;;;;;;;;/h2*2-3H,1H3,(H2,6,7,9);2*1H;;6*1H2/q;;;;+2;;;;;;/p+4. The Kier molecular flexibility index (Phi) is 55.0. The van der Waals surface area contributed by atoms with Gasteiger partial charge in [0.2, 0.25) is 0 Å². The number of aromatic nitrogens is 4. The van der Waals surface area contributed by atoms with Gasteiger partial charge in [0.15, 0.2) is 0 Å². The average Bonchev–Trinajstić information content (AvgIpc) is 2.30. The molecule has 2 aromatic heterocycles. The van der Waals surface area contributed by atoms with E-state index in [2.05, 4.69) is 9.97 Å². The Morgan fingerprint density at radius 1 is 0.704 bits per heavy atom. The second kappa shape index (κ2) is 26.4. The van der Waals surface area contributed by atoms with Crippen molar-refractivity contribution in [2.45, 2.75) is 0 Å². The number of halogens is 2. The molecule has 0 atom stereocenters. The smallest absolute Gasteiger partial charge is 1.00 e. The summed E-state index contributed by atoms with van der Waals surface area (Å²) in [5.74, 6) is 0.524. The van der Waals surface area contributed by atoms with E-state index in [0.717, 1.165) is 0 Å². The molecular weight excluding hydrogens is 462 g/mol. The van der Waals surface area contributed by atoms with Gasteiger partial charge in [0, 0.05) is 26.5 Å². The van der Waals surface area contributed by atoms with Crippen LogP contribution >= 0.6 is 0 Å². The van der Waals surface area contributed by atoms with Gasteiger partial charge in [0.05, 0.1) is 0 Å². The molecule has 27 heavy (non-hydrogen) atoms. The third-order valence-electron chi connectivity index (χ3n) is 1.99. The molecule has 22 N–H and O–H groups in total. The Hall–Kier alpha value is -1.81. The van der Waals surface area contributed by atoms with Crippen LogP contribution < -0.4 is 47.7 Å². The molecule has 17 heteroatoms. The van der Waals surface area contributed by atoms with E-state index in [1.807, 2.05) is 0 Å². The second-order valence-corrected chi connectivity index (χ2v) is 3.49. The number of nitrogen functional groups attached to an aromatic ring is 2. The third-order valence-corrected chi connectivity index (χ3v) is 1.99. The van der Waals surface area contributed by atoms with Gasteiger partial charge in [-0.3, -0.25) is 0 Å². The van der Waals surface area contributed by atoms with Gasteiger partial charge in [-0.15, -0.1) is 0 Å². The Bertz CT molecular complexity index is 617. The summed E-state index contributed by atoms with van der Waals surface area (Å²) in [6.45, 7) is 0. The molecule has 0 amide bonds. The Morgan fingerprint density at radius 2 is 0.926 bits per heavy atom. The molecule has 0 aliphatic heterocycles. The quantitative estimate of drug-likeness (QED) is 0.264. The first-order valence-electron chi connectivity index (χ1n) is 4.98. The van der Waals surface area contributed by atoms with Crippen molar-refractivity contribution < 1.29 is 74.2 Å². The van der Waals surface area contributed by atoms with Crippen LogP contribution in [0.2, 0.25) is 0 Å². The zero-order valence-electron chi connectivity index (χ0n) is 14.6. The predicted octanol–water partition coefficient (Wildman–Crippen LogP) is -12.8. The molecule has 168 valence electrons. The molecule has 0 aromatic carbocycles. The first-order valence-corrected chi connectivity index (χ1v) is 4.98. The van der Waals surface area contributed by atoms with Crippen LogP contribution in [0.15, 0.2) is 34.1 Å². The number of aryl methyl sites for hydroxylation is 2. The molecule has 0 radical (unpaired) electrons. The minimum absolute atomic E-state index is 0. The maximum atomic E-state index is 10.6. The largest absolute Gasteiger partial charge is 2.00 e. The fourth-order valence-electron chi connectivity index (χ4n) is 0.957. The van der Waals surface area contributed by atoms with E-state index >= 15 is 0 Å². The molecule has 0 aliphatic carbocycles. The van der Waals surface area contributed by atoms with Gasteiger partial charge >= 0.3 is 27.9 Å². The van der Waals surface area contributed by atoms with Crippen molar-refractivity contribution in [3.63, 3.8) is 0 Å². The normalized spacial score (nSPS) is 6.30. The molecule has 2 heterocycles. The Balaban J connectivity index is -0.0000000257. The van der Waals surface area contributed by atoms with Crippen LogP contribution in [0.3, 0.4) is 0 Å². The molecule has 0 saturated heterocycles. The molecule has 0 aliphatic rings. The van der Waals surface area contributed by atoms with Gasteiger partial charge in [-0.1, -0.05) is 0 Å². The number of hydrogen-bond donors (Lipinski definition) is 2. The fourth-order valence-corrected chi connectivity index (χ4v) is 0.957. The zero-order chi connectivity index (χ0) is 13.7. The van der Waals surface area contributed by atoms with Crippen LogP contribution in [0.1, 0.15) is 0 Å². The number of rotatable bonds is 0. The second-order valence-electron chi connectivity index (χ2n) is 3.49. The predicted molar refractivity (Wildman–Crippen MR) is 97.0 cm³/mol. The van der Waals surface area contributed by atoms with E-state index in [0.29, 0.717) is 0 Å². The molecule has 14 nitrogen and oxygen atoms in total. The molecule has 0 unspecified atom stereocenters. The maximum absolute atomic E-state index is 10.6. The van der Waals surface area contributed by atoms with E-state index in [4.69, 9.17) is 11.5 Å². The van der Waals surface area contributed by atoms with Gasteiger partial charge in [0.25, 0.3) is 0 Å². The summed E-state index contributed by atoms with van der Waals surface area (Å²) in [6.07, 6.45) is 3.15. The van der Waals surface area contributed by atoms with Crippen molar-refractivity contribution in [2.24, 2.45) is 14.1 Å². The van der Waals surface area contributed by atoms with Gasteiger partial charge in [-0.25, -0.2) is 9.59 Å². The van der Waals surface area contributed by atoms with Crippen LogP contribution in [0.5, 0.6) is 0 Å². The molecule has 0 spiro atoms. The number of anilines is 2. The van der Waals surface area contributed by atoms with E-state index in [1.165, 1.54) is 9.13 Å². The third kappa shape index (κ3) is 20.4. The number of nitrogens with zero attached hydrogens (tertiary/aromatic N) is 4. The van der Waals surface area contributed by atoms with Crippen LogP contribution in [0.25, 0.3) is 0 Å². The SMILES string of the molecule is Cn1ccc(N)nc1=O.Cn1ccc(N)nc1=O.[Cl-].[Cl-].[Ni+2].[OH3+].[OH3+].[OH3+].[OH3+].[OH3+].[OH3+]. The monoisotopic (exact) mass is 492 g/mol. The topological polar surface area (TPSA) is 320 Å². The molecule has 0 bridgehead atoms. The van der Waals surface area contributed by atoms with Crippen molar-refractivity contribution in [1.82, 2.24) is 19.1 Å². The van der Waals surface area contributed by atoms with Crippen LogP contribution in [-0.2, 0) is 63.4 Å². The van der Waals surface area contributed by atoms with E-state index in [1.54, 1.807) is 38.6 Å².